The van der Waals surface area contributed by atoms with Gasteiger partial charge in [0.2, 0.25) is 0 Å². The molecule has 0 radical (unpaired) electrons. The fraction of sp³-hybridized carbons (Fsp3) is 0.231. The Morgan fingerprint density at radius 3 is 2.82 bits per heavy atom. The number of rotatable bonds is 4. The van der Waals surface area contributed by atoms with Gasteiger partial charge in [0.15, 0.2) is 4.67 Å². The smallest absolute Gasteiger partial charge is 0.169 e. The van der Waals surface area contributed by atoms with Crippen LogP contribution in [0.2, 0.25) is 0 Å². The fourth-order valence-electron chi connectivity index (χ4n) is 1.58. The summed E-state index contributed by atoms with van der Waals surface area (Å²) < 4.78 is 11.3. The molecule has 0 spiro atoms. The van der Waals surface area contributed by atoms with Gasteiger partial charge in [-0.05, 0) is 52.7 Å². The van der Waals surface area contributed by atoms with E-state index in [4.69, 9.17) is 9.15 Å². The molecule has 1 atom stereocenters. The number of hydrogen-bond acceptors (Lipinski definition) is 3. The van der Waals surface area contributed by atoms with Crippen LogP contribution in [0.25, 0.3) is 0 Å². The molecule has 0 fully saturated rings. The van der Waals surface area contributed by atoms with E-state index >= 15 is 0 Å². The standard InChI is InChI=1S/C13H13BrO3/c1-2-16-10-5-3-4-9(8-10)13(15)11-6-7-12(14)17-11/h3-8,13,15H,2H2,1H3. The number of halogens is 1. The van der Waals surface area contributed by atoms with Crippen LogP contribution in [0, 0.1) is 0 Å². The Hall–Kier alpha value is -1.26. The van der Waals surface area contributed by atoms with Gasteiger partial charge in [0.25, 0.3) is 0 Å². The molecule has 1 aromatic heterocycles. The van der Waals surface area contributed by atoms with Gasteiger partial charge in [-0.1, -0.05) is 12.1 Å². The highest BCUT2D eigenvalue weighted by atomic mass is 79.9. The highest BCUT2D eigenvalue weighted by Gasteiger charge is 2.14. The number of ether oxygens (including phenoxy) is 1. The highest BCUT2D eigenvalue weighted by molar-refractivity contribution is 9.10. The van der Waals surface area contributed by atoms with Crippen molar-refractivity contribution in [3.63, 3.8) is 0 Å². The Morgan fingerprint density at radius 1 is 1.35 bits per heavy atom. The molecule has 0 aliphatic carbocycles. The Labute approximate surface area is 108 Å². The van der Waals surface area contributed by atoms with E-state index in [1.165, 1.54) is 0 Å². The third kappa shape index (κ3) is 2.90. The van der Waals surface area contributed by atoms with Crippen molar-refractivity contribution in [2.24, 2.45) is 0 Å². The molecule has 1 heterocycles. The molecule has 0 saturated carbocycles. The lowest BCUT2D eigenvalue weighted by Crippen LogP contribution is -1.99. The Morgan fingerprint density at radius 2 is 2.18 bits per heavy atom. The number of furan rings is 1. The van der Waals surface area contributed by atoms with Gasteiger partial charge in [0.05, 0.1) is 6.61 Å². The van der Waals surface area contributed by atoms with Crippen LogP contribution in [0.1, 0.15) is 24.4 Å². The average molecular weight is 297 g/mol. The minimum atomic E-state index is -0.776. The van der Waals surface area contributed by atoms with E-state index in [9.17, 15) is 5.11 Å². The Balaban J connectivity index is 2.24. The third-order valence-electron chi connectivity index (χ3n) is 2.35. The van der Waals surface area contributed by atoms with Gasteiger partial charge in [-0.2, -0.15) is 0 Å². The molecule has 90 valence electrons. The quantitative estimate of drug-likeness (QED) is 0.939. The van der Waals surface area contributed by atoms with Gasteiger partial charge in [0, 0.05) is 0 Å². The van der Waals surface area contributed by atoms with Crippen LogP contribution in [0.5, 0.6) is 5.75 Å². The minimum Gasteiger partial charge on any atom is -0.494 e. The minimum absolute atomic E-state index is 0.505. The summed E-state index contributed by atoms with van der Waals surface area (Å²) in [7, 11) is 0. The summed E-state index contributed by atoms with van der Waals surface area (Å²) in [6.07, 6.45) is -0.776. The summed E-state index contributed by atoms with van der Waals surface area (Å²) in [5.41, 5.74) is 0.748. The molecule has 4 heteroatoms. The first-order valence-electron chi connectivity index (χ1n) is 5.36. The van der Waals surface area contributed by atoms with Crippen LogP contribution in [0.15, 0.2) is 45.5 Å². The summed E-state index contributed by atoms with van der Waals surface area (Å²) in [5, 5.41) is 10.1. The second kappa shape index (κ2) is 5.38. The fourth-order valence-corrected chi connectivity index (χ4v) is 1.90. The lowest BCUT2D eigenvalue weighted by Gasteiger charge is -2.10. The maximum atomic E-state index is 10.1. The Kier molecular flexibility index (Phi) is 3.86. The molecule has 1 unspecified atom stereocenters. The van der Waals surface area contributed by atoms with Gasteiger partial charge in [-0.15, -0.1) is 0 Å². The van der Waals surface area contributed by atoms with Crippen molar-refractivity contribution in [2.45, 2.75) is 13.0 Å². The zero-order chi connectivity index (χ0) is 12.3. The van der Waals surface area contributed by atoms with E-state index in [-0.39, 0.29) is 0 Å². The van der Waals surface area contributed by atoms with Gasteiger partial charge in [0.1, 0.15) is 17.6 Å². The number of benzene rings is 1. The highest BCUT2D eigenvalue weighted by Crippen LogP contribution is 2.27. The summed E-state index contributed by atoms with van der Waals surface area (Å²) >= 11 is 3.21. The molecule has 2 rings (SSSR count). The van der Waals surface area contributed by atoms with Crippen LogP contribution >= 0.6 is 15.9 Å². The monoisotopic (exact) mass is 296 g/mol. The summed E-state index contributed by atoms with van der Waals surface area (Å²) in [4.78, 5) is 0. The van der Waals surface area contributed by atoms with E-state index in [1.807, 2.05) is 31.2 Å². The van der Waals surface area contributed by atoms with E-state index in [1.54, 1.807) is 12.1 Å². The molecule has 0 saturated heterocycles. The van der Waals surface area contributed by atoms with Crippen molar-refractivity contribution < 1.29 is 14.3 Å². The van der Waals surface area contributed by atoms with Crippen molar-refractivity contribution in [3.05, 3.63) is 52.4 Å². The van der Waals surface area contributed by atoms with E-state index in [0.29, 0.717) is 17.0 Å². The number of aliphatic hydroxyl groups is 1. The van der Waals surface area contributed by atoms with Crippen LogP contribution < -0.4 is 4.74 Å². The molecule has 0 bridgehead atoms. The molecular formula is C13H13BrO3. The van der Waals surface area contributed by atoms with Crippen molar-refractivity contribution >= 4 is 15.9 Å². The molecule has 1 N–H and O–H groups in total. The maximum absolute atomic E-state index is 10.1. The second-order valence-electron chi connectivity index (χ2n) is 3.55. The van der Waals surface area contributed by atoms with Gasteiger partial charge >= 0.3 is 0 Å². The summed E-state index contributed by atoms with van der Waals surface area (Å²) in [5.74, 6) is 1.25. The Bertz CT molecular complexity index is 493. The lowest BCUT2D eigenvalue weighted by atomic mass is 10.1. The molecule has 0 aliphatic rings. The zero-order valence-corrected chi connectivity index (χ0v) is 11.0. The topological polar surface area (TPSA) is 42.6 Å². The average Bonchev–Trinajstić information content (AvgIpc) is 2.76. The largest absolute Gasteiger partial charge is 0.494 e. The molecule has 3 nitrogen and oxygen atoms in total. The van der Waals surface area contributed by atoms with Crippen LogP contribution in [-0.2, 0) is 0 Å². The van der Waals surface area contributed by atoms with Crippen molar-refractivity contribution in [2.75, 3.05) is 6.61 Å². The van der Waals surface area contributed by atoms with Gasteiger partial charge in [-0.25, -0.2) is 0 Å². The summed E-state index contributed by atoms with van der Waals surface area (Å²) in [6.45, 7) is 2.53. The van der Waals surface area contributed by atoms with Crippen LogP contribution in [-0.4, -0.2) is 11.7 Å². The number of hydrogen-bond donors (Lipinski definition) is 1. The van der Waals surface area contributed by atoms with E-state index in [2.05, 4.69) is 15.9 Å². The zero-order valence-electron chi connectivity index (χ0n) is 9.39. The van der Waals surface area contributed by atoms with Gasteiger partial charge < -0.3 is 14.3 Å². The molecule has 1 aromatic carbocycles. The van der Waals surface area contributed by atoms with E-state index in [0.717, 1.165) is 11.3 Å². The SMILES string of the molecule is CCOc1cccc(C(O)c2ccc(Br)o2)c1. The first-order valence-corrected chi connectivity index (χ1v) is 6.16. The maximum Gasteiger partial charge on any atom is 0.169 e. The third-order valence-corrected chi connectivity index (χ3v) is 2.77. The van der Waals surface area contributed by atoms with Crippen molar-refractivity contribution in [3.8, 4) is 5.75 Å². The van der Waals surface area contributed by atoms with Crippen molar-refractivity contribution in [1.29, 1.82) is 0 Å². The normalized spacial score (nSPS) is 12.4. The molecular weight excluding hydrogens is 284 g/mol. The second-order valence-corrected chi connectivity index (χ2v) is 4.33. The van der Waals surface area contributed by atoms with Crippen molar-refractivity contribution in [1.82, 2.24) is 0 Å². The van der Waals surface area contributed by atoms with Crippen LogP contribution in [0.3, 0.4) is 0 Å². The molecule has 0 amide bonds. The predicted octanol–water partition coefficient (Wildman–Crippen LogP) is 3.52. The molecule has 0 aliphatic heterocycles. The lowest BCUT2D eigenvalue weighted by molar-refractivity contribution is 0.187. The molecule has 2 aromatic rings. The van der Waals surface area contributed by atoms with Crippen LogP contribution in [0.4, 0.5) is 0 Å². The first kappa shape index (κ1) is 12.2. The number of aliphatic hydroxyl groups excluding tert-OH is 1. The molecule has 17 heavy (non-hydrogen) atoms. The van der Waals surface area contributed by atoms with Gasteiger partial charge in [-0.3, -0.25) is 0 Å². The summed E-state index contributed by atoms with van der Waals surface area (Å²) in [6, 6.07) is 10.8. The van der Waals surface area contributed by atoms with E-state index < -0.39 is 6.10 Å². The predicted molar refractivity (Wildman–Crippen MR) is 68.1 cm³/mol. The first-order chi connectivity index (χ1) is 8.20.